The highest BCUT2D eigenvalue weighted by Crippen LogP contribution is 2.22. The van der Waals surface area contributed by atoms with Crippen LogP contribution in [0.15, 0.2) is 29.2 Å². The first kappa shape index (κ1) is 27.1. The number of aryl methyl sites for hydroxylation is 1. The van der Waals surface area contributed by atoms with Crippen molar-refractivity contribution in [2.45, 2.75) is 68.3 Å². The maximum absolute atomic E-state index is 12.3. The van der Waals surface area contributed by atoms with Crippen LogP contribution in [0.5, 0.6) is 0 Å². The Morgan fingerprint density at radius 3 is 2.36 bits per heavy atom. The summed E-state index contributed by atoms with van der Waals surface area (Å²) < 4.78 is 41.8. The zero-order chi connectivity index (χ0) is 24.8. The van der Waals surface area contributed by atoms with Crippen molar-refractivity contribution in [2.24, 2.45) is 0 Å². The lowest BCUT2D eigenvalue weighted by molar-refractivity contribution is -0.292. The number of hydrogen-bond donors (Lipinski definition) is 5. The van der Waals surface area contributed by atoms with Crippen molar-refractivity contribution in [3.8, 4) is 0 Å². The number of carbonyl (C=O) groups excluding carboxylic acids is 2. The summed E-state index contributed by atoms with van der Waals surface area (Å²) in [6, 6.07) is 4.91. The van der Waals surface area contributed by atoms with Crippen molar-refractivity contribution >= 4 is 22.0 Å². The Hall–Kier alpha value is -2.13. The van der Waals surface area contributed by atoms with Crippen LogP contribution in [0.4, 0.5) is 0 Å². The van der Waals surface area contributed by atoms with Gasteiger partial charge < -0.3 is 34.6 Å². The fraction of sp³-hybridized carbons (Fsp3) is 0.600. The van der Waals surface area contributed by atoms with Crippen molar-refractivity contribution in [1.29, 1.82) is 0 Å². The highest BCUT2D eigenvalue weighted by atomic mass is 32.2. The Labute approximate surface area is 191 Å². The van der Waals surface area contributed by atoms with Gasteiger partial charge in [-0.25, -0.2) is 8.42 Å². The van der Waals surface area contributed by atoms with Crippen LogP contribution in [-0.4, -0.2) is 90.7 Å². The molecular formula is C20H29NO11S. The van der Waals surface area contributed by atoms with Crippen LogP contribution in [0.25, 0.3) is 0 Å². The maximum Gasteiger partial charge on any atom is 0.323 e. The van der Waals surface area contributed by atoms with Gasteiger partial charge in [0.25, 0.3) is 0 Å². The summed E-state index contributed by atoms with van der Waals surface area (Å²) in [5, 5.41) is 38.4. The molecule has 13 heteroatoms. The summed E-state index contributed by atoms with van der Waals surface area (Å²) in [5.74, 6) is -1.68. The summed E-state index contributed by atoms with van der Waals surface area (Å²) in [4.78, 5) is 24.0. The number of esters is 2. The molecule has 1 fully saturated rings. The molecule has 1 aliphatic heterocycles. The molecule has 0 aromatic heterocycles. The monoisotopic (exact) mass is 491 g/mol. The van der Waals surface area contributed by atoms with E-state index < -0.39 is 65.3 Å². The molecule has 0 aliphatic carbocycles. The van der Waals surface area contributed by atoms with E-state index in [4.69, 9.17) is 19.3 Å². The first-order valence-electron chi connectivity index (χ1n) is 10.2. The van der Waals surface area contributed by atoms with Crippen LogP contribution < -0.4 is 4.72 Å². The molecule has 33 heavy (non-hydrogen) atoms. The number of sulfonamides is 1. The lowest BCUT2D eigenvalue weighted by Gasteiger charge is -2.39. The van der Waals surface area contributed by atoms with Crippen molar-refractivity contribution < 1.29 is 52.6 Å². The minimum Gasteiger partial charge on any atom is -0.464 e. The quantitative estimate of drug-likeness (QED) is 0.186. The number of rotatable bonds is 10. The van der Waals surface area contributed by atoms with Crippen molar-refractivity contribution in [3.05, 3.63) is 29.8 Å². The molecule has 0 amide bonds. The highest BCUT2D eigenvalue weighted by molar-refractivity contribution is 7.89. The molecular weight excluding hydrogens is 462 g/mol. The van der Waals surface area contributed by atoms with Gasteiger partial charge in [-0.05, 0) is 32.4 Å². The van der Waals surface area contributed by atoms with E-state index in [0.29, 0.717) is 0 Å². The van der Waals surface area contributed by atoms with Gasteiger partial charge in [0.05, 0.1) is 18.1 Å². The molecule has 5 N–H and O–H groups in total. The van der Waals surface area contributed by atoms with Gasteiger partial charge in [0.1, 0.15) is 30.5 Å². The molecule has 1 heterocycles. The SMILES string of the molecule is Cc1ccc(S(=O)(=O)N[C@@H](C)C(=O)OCCCC(=O)O[C@@H]2O[C@H](CO)[C@@H](O)[C@H](O)[C@H]2O)cc1. The Balaban J connectivity index is 1.74. The zero-order valence-electron chi connectivity index (χ0n) is 18.2. The Bertz CT molecular complexity index is 903. The van der Waals surface area contributed by atoms with Gasteiger partial charge in [-0.2, -0.15) is 4.72 Å². The van der Waals surface area contributed by atoms with E-state index in [1.807, 2.05) is 6.92 Å². The molecule has 1 aliphatic rings. The van der Waals surface area contributed by atoms with E-state index in [1.165, 1.54) is 19.1 Å². The lowest BCUT2D eigenvalue weighted by Crippen LogP contribution is -2.59. The molecule has 0 bridgehead atoms. The minimum atomic E-state index is -3.92. The second kappa shape index (κ2) is 11.8. The van der Waals surface area contributed by atoms with Crippen molar-refractivity contribution in [1.82, 2.24) is 4.72 Å². The summed E-state index contributed by atoms with van der Waals surface area (Å²) in [6.45, 7) is 2.25. The average Bonchev–Trinajstić information content (AvgIpc) is 2.76. The molecule has 1 saturated heterocycles. The van der Waals surface area contributed by atoms with Gasteiger partial charge in [-0.3, -0.25) is 9.59 Å². The number of nitrogens with one attached hydrogen (secondary N) is 1. The van der Waals surface area contributed by atoms with Crippen molar-refractivity contribution in [2.75, 3.05) is 13.2 Å². The second-order valence-corrected chi connectivity index (χ2v) is 9.33. The minimum absolute atomic E-state index is 0.00342. The molecule has 0 radical (unpaired) electrons. The second-order valence-electron chi connectivity index (χ2n) is 7.61. The van der Waals surface area contributed by atoms with Gasteiger partial charge >= 0.3 is 11.9 Å². The van der Waals surface area contributed by atoms with Crippen LogP contribution in [0, 0.1) is 6.92 Å². The van der Waals surface area contributed by atoms with E-state index in [1.54, 1.807) is 12.1 Å². The molecule has 186 valence electrons. The van der Waals surface area contributed by atoms with E-state index in [9.17, 15) is 33.3 Å². The van der Waals surface area contributed by atoms with Crippen LogP contribution in [0.3, 0.4) is 0 Å². The fourth-order valence-corrected chi connectivity index (χ4v) is 4.13. The van der Waals surface area contributed by atoms with Gasteiger partial charge in [0.15, 0.2) is 0 Å². The summed E-state index contributed by atoms with van der Waals surface area (Å²) >= 11 is 0. The predicted octanol–water partition coefficient (Wildman–Crippen LogP) is -1.67. The molecule has 6 atom stereocenters. The number of carbonyl (C=O) groups is 2. The maximum atomic E-state index is 12.3. The topological polar surface area (TPSA) is 189 Å². The molecule has 12 nitrogen and oxygen atoms in total. The van der Waals surface area contributed by atoms with E-state index in [0.717, 1.165) is 5.56 Å². The lowest BCUT2D eigenvalue weighted by atomic mass is 9.99. The largest absolute Gasteiger partial charge is 0.464 e. The van der Waals surface area contributed by atoms with Gasteiger partial charge in [0.2, 0.25) is 16.3 Å². The van der Waals surface area contributed by atoms with Crippen LogP contribution in [-0.2, 0) is 33.8 Å². The third-order valence-corrected chi connectivity index (χ3v) is 6.44. The first-order chi connectivity index (χ1) is 15.5. The Morgan fingerprint density at radius 1 is 1.12 bits per heavy atom. The molecule has 1 aromatic carbocycles. The normalized spacial score (nSPS) is 26.4. The van der Waals surface area contributed by atoms with E-state index >= 15 is 0 Å². The van der Waals surface area contributed by atoms with Crippen molar-refractivity contribution in [3.63, 3.8) is 0 Å². The molecule has 0 spiro atoms. The Morgan fingerprint density at radius 2 is 1.76 bits per heavy atom. The third-order valence-electron chi connectivity index (χ3n) is 4.88. The predicted molar refractivity (Wildman–Crippen MR) is 111 cm³/mol. The molecule has 0 saturated carbocycles. The zero-order valence-corrected chi connectivity index (χ0v) is 19.0. The van der Waals surface area contributed by atoms with E-state index in [-0.39, 0.29) is 24.3 Å². The summed E-state index contributed by atoms with van der Waals surface area (Å²) in [5.41, 5.74) is 0.881. The number of benzene rings is 1. The van der Waals surface area contributed by atoms with Gasteiger partial charge in [-0.1, -0.05) is 17.7 Å². The van der Waals surface area contributed by atoms with Gasteiger partial charge in [-0.15, -0.1) is 0 Å². The molecule has 0 unspecified atom stereocenters. The molecule has 2 rings (SSSR count). The summed E-state index contributed by atoms with van der Waals surface area (Å²) in [7, 11) is -3.92. The number of aliphatic hydroxyl groups is 4. The van der Waals surface area contributed by atoms with Crippen LogP contribution in [0.1, 0.15) is 25.3 Å². The average molecular weight is 492 g/mol. The smallest absolute Gasteiger partial charge is 0.323 e. The van der Waals surface area contributed by atoms with Gasteiger partial charge in [0, 0.05) is 6.42 Å². The number of aliphatic hydroxyl groups excluding tert-OH is 4. The standard InChI is InChI=1S/C20H29NO11S/c1-11-5-7-13(8-6-11)33(28,29)21-12(2)19(27)30-9-3-4-15(23)32-20-18(26)17(25)16(24)14(10-22)31-20/h5-8,12,14,16-18,20-22,24-26H,3-4,9-10H2,1-2H3/t12-,14+,16+,17-,18+,20-/m0/s1. The number of ether oxygens (including phenoxy) is 3. The fourth-order valence-electron chi connectivity index (χ4n) is 2.93. The summed E-state index contributed by atoms with van der Waals surface area (Å²) in [6.07, 6.45) is -8.00. The van der Waals surface area contributed by atoms with E-state index in [2.05, 4.69) is 4.72 Å². The highest BCUT2D eigenvalue weighted by Gasteiger charge is 2.45. The van der Waals surface area contributed by atoms with Crippen LogP contribution >= 0.6 is 0 Å². The third kappa shape index (κ3) is 7.43. The Kier molecular flexibility index (Phi) is 9.72. The van der Waals surface area contributed by atoms with Crippen LogP contribution in [0.2, 0.25) is 0 Å². The molecule has 1 aromatic rings. The first-order valence-corrected chi connectivity index (χ1v) is 11.7. The number of hydrogen-bond acceptors (Lipinski definition) is 11.